The SMILES string of the molecule is Cc1cccc(CN(C)c2cc(Cl)ccc2C(=O)O)n1. The Hall–Kier alpha value is -2.07. The number of carbonyl (C=O) groups is 1. The number of aryl methyl sites for hydroxylation is 1. The van der Waals surface area contributed by atoms with Gasteiger partial charge in [0.05, 0.1) is 23.5 Å². The van der Waals surface area contributed by atoms with Gasteiger partial charge >= 0.3 is 5.97 Å². The van der Waals surface area contributed by atoms with Gasteiger partial charge in [0, 0.05) is 17.8 Å². The summed E-state index contributed by atoms with van der Waals surface area (Å²) in [5, 5.41) is 9.74. The van der Waals surface area contributed by atoms with Gasteiger partial charge in [-0.2, -0.15) is 0 Å². The van der Waals surface area contributed by atoms with Gasteiger partial charge in [0.2, 0.25) is 0 Å². The molecule has 2 aromatic rings. The average Bonchev–Trinajstić information content (AvgIpc) is 2.38. The minimum Gasteiger partial charge on any atom is -0.478 e. The first kappa shape index (κ1) is 14.3. The maximum atomic E-state index is 11.3. The number of aromatic carboxylic acids is 1. The zero-order valence-electron chi connectivity index (χ0n) is 11.3. The monoisotopic (exact) mass is 290 g/mol. The molecule has 2 rings (SSSR count). The number of anilines is 1. The summed E-state index contributed by atoms with van der Waals surface area (Å²) in [5.41, 5.74) is 2.61. The summed E-state index contributed by atoms with van der Waals surface area (Å²) >= 11 is 5.96. The molecule has 20 heavy (non-hydrogen) atoms. The van der Waals surface area contributed by atoms with Crippen molar-refractivity contribution in [1.82, 2.24) is 4.98 Å². The van der Waals surface area contributed by atoms with Crippen molar-refractivity contribution in [2.24, 2.45) is 0 Å². The fraction of sp³-hybridized carbons (Fsp3) is 0.200. The third kappa shape index (κ3) is 3.27. The lowest BCUT2D eigenvalue weighted by Crippen LogP contribution is -2.20. The summed E-state index contributed by atoms with van der Waals surface area (Å²) in [5.74, 6) is -0.972. The molecule has 0 aliphatic carbocycles. The Morgan fingerprint density at radius 3 is 2.75 bits per heavy atom. The van der Waals surface area contributed by atoms with E-state index in [2.05, 4.69) is 4.98 Å². The number of pyridine rings is 1. The lowest BCUT2D eigenvalue weighted by atomic mass is 10.1. The minimum absolute atomic E-state index is 0.226. The number of benzene rings is 1. The molecule has 0 unspecified atom stereocenters. The van der Waals surface area contributed by atoms with Crippen LogP contribution >= 0.6 is 11.6 Å². The fourth-order valence-electron chi connectivity index (χ4n) is 2.02. The third-order valence-corrected chi connectivity index (χ3v) is 3.18. The molecule has 0 saturated carbocycles. The maximum absolute atomic E-state index is 11.3. The summed E-state index contributed by atoms with van der Waals surface area (Å²) in [7, 11) is 1.82. The Bertz CT molecular complexity index is 644. The standard InChI is InChI=1S/C15H15ClN2O2/c1-10-4-3-5-12(17-10)9-18(2)14-8-11(16)6-7-13(14)15(19)20/h3-8H,9H2,1-2H3,(H,19,20). The summed E-state index contributed by atoms with van der Waals surface area (Å²) in [6, 6.07) is 10.5. The van der Waals surface area contributed by atoms with Crippen molar-refractivity contribution in [1.29, 1.82) is 0 Å². The van der Waals surface area contributed by atoms with Gasteiger partial charge < -0.3 is 10.0 Å². The second-order valence-corrected chi connectivity index (χ2v) is 5.03. The normalized spacial score (nSPS) is 10.3. The average molecular weight is 291 g/mol. The van der Waals surface area contributed by atoms with Crippen LogP contribution in [0, 0.1) is 6.92 Å². The minimum atomic E-state index is -0.972. The lowest BCUT2D eigenvalue weighted by molar-refractivity contribution is 0.0697. The second kappa shape index (κ2) is 5.92. The predicted octanol–water partition coefficient (Wildman–Crippen LogP) is 3.38. The van der Waals surface area contributed by atoms with Crippen LogP contribution in [0.5, 0.6) is 0 Å². The number of aromatic nitrogens is 1. The quantitative estimate of drug-likeness (QED) is 0.938. The van der Waals surface area contributed by atoms with Gasteiger partial charge in [-0.05, 0) is 37.3 Å². The molecule has 1 N–H and O–H groups in total. The highest BCUT2D eigenvalue weighted by atomic mass is 35.5. The second-order valence-electron chi connectivity index (χ2n) is 4.59. The zero-order valence-corrected chi connectivity index (χ0v) is 12.1. The molecule has 0 atom stereocenters. The van der Waals surface area contributed by atoms with Gasteiger partial charge in [0.25, 0.3) is 0 Å². The molecule has 1 aromatic carbocycles. The molecule has 0 saturated heterocycles. The maximum Gasteiger partial charge on any atom is 0.337 e. The predicted molar refractivity (Wildman–Crippen MR) is 79.5 cm³/mol. The van der Waals surface area contributed by atoms with E-state index in [1.54, 1.807) is 12.1 Å². The van der Waals surface area contributed by atoms with E-state index in [1.807, 2.05) is 37.1 Å². The molecule has 0 amide bonds. The first-order chi connectivity index (χ1) is 9.47. The summed E-state index contributed by atoms with van der Waals surface area (Å²) in [6.45, 7) is 2.44. The molecule has 0 aliphatic heterocycles. The van der Waals surface area contributed by atoms with E-state index in [0.717, 1.165) is 11.4 Å². The summed E-state index contributed by atoms with van der Waals surface area (Å²) < 4.78 is 0. The summed E-state index contributed by atoms with van der Waals surface area (Å²) in [4.78, 5) is 17.5. The number of hydrogen-bond acceptors (Lipinski definition) is 3. The molecule has 1 aromatic heterocycles. The van der Waals surface area contributed by atoms with Gasteiger partial charge in [0.15, 0.2) is 0 Å². The van der Waals surface area contributed by atoms with Crippen molar-refractivity contribution in [2.45, 2.75) is 13.5 Å². The van der Waals surface area contributed by atoms with Crippen molar-refractivity contribution in [3.05, 3.63) is 58.4 Å². The zero-order chi connectivity index (χ0) is 14.7. The van der Waals surface area contributed by atoms with Crippen molar-refractivity contribution < 1.29 is 9.90 Å². The number of hydrogen-bond donors (Lipinski definition) is 1. The van der Waals surface area contributed by atoms with Crippen LogP contribution in [0.2, 0.25) is 5.02 Å². The smallest absolute Gasteiger partial charge is 0.337 e. The first-order valence-corrected chi connectivity index (χ1v) is 6.51. The number of halogens is 1. The van der Waals surface area contributed by atoms with E-state index >= 15 is 0 Å². The lowest BCUT2D eigenvalue weighted by Gasteiger charge is -2.21. The first-order valence-electron chi connectivity index (χ1n) is 6.14. The highest BCUT2D eigenvalue weighted by Gasteiger charge is 2.14. The van der Waals surface area contributed by atoms with E-state index < -0.39 is 5.97 Å². The van der Waals surface area contributed by atoms with Crippen LogP contribution in [0.3, 0.4) is 0 Å². The van der Waals surface area contributed by atoms with Gasteiger partial charge in [-0.3, -0.25) is 4.98 Å². The molecular formula is C15H15ClN2O2. The molecule has 104 valence electrons. The van der Waals surface area contributed by atoms with Crippen LogP contribution < -0.4 is 4.90 Å². The topological polar surface area (TPSA) is 53.4 Å². The number of rotatable bonds is 4. The molecule has 5 heteroatoms. The Morgan fingerprint density at radius 2 is 2.10 bits per heavy atom. The van der Waals surface area contributed by atoms with Gasteiger partial charge in [-0.15, -0.1) is 0 Å². The molecule has 0 spiro atoms. The summed E-state index contributed by atoms with van der Waals surface area (Å²) in [6.07, 6.45) is 0. The Morgan fingerprint density at radius 1 is 1.35 bits per heavy atom. The largest absolute Gasteiger partial charge is 0.478 e. The van der Waals surface area contributed by atoms with E-state index in [1.165, 1.54) is 6.07 Å². The van der Waals surface area contributed by atoms with E-state index in [-0.39, 0.29) is 5.56 Å². The van der Waals surface area contributed by atoms with Crippen LogP contribution in [0.25, 0.3) is 0 Å². The highest BCUT2D eigenvalue weighted by Crippen LogP contribution is 2.25. The van der Waals surface area contributed by atoms with E-state index in [0.29, 0.717) is 17.3 Å². The fourth-order valence-corrected chi connectivity index (χ4v) is 2.18. The number of nitrogens with zero attached hydrogens (tertiary/aromatic N) is 2. The van der Waals surface area contributed by atoms with E-state index in [9.17, 15) is 9.90 Å². The highest BCUT2D eigenvalue weighted by molar-refractivity contribution is 6.31. The third-order valence-electron chi connectivity index (χ3n) is 2.95. The number of carboxylic acid groups (broad SMARTS) is 1. The van der Waals surface area contributed by atoms with Crippen LogP contribution in [-0.4, -0.2) is 23.1 Å². The molecule has 0 radical (unpaired) electrons. The van der Waals surface area contributed by atoms with Crippen LogP contribution in [0.15, 0.2) is 36.4 Å². The molecule has 1 heterocycles. The Balaban J connectivity index is 2.31. The molecule has 0 aliphatic rings. The van der Waals surface area contributed by atoms with E-state index in [4.69, 9.17) is 11.6 Å². The van der Waals surface area contributed by atoms with Crippen LogP contribution in [0.1, 0.15) is 21.7 Å². The Kier molecular flexibility index (Phi) is 4.25. The molecule has 4 nitrogen and oxygen atoms in total. The van der Waals surface area contributed by atoms with Crippen molar-refractivity contribution in [3.63, 3.8) is 0 Å². The van der Waals surface area contributed by atoms with Crippen molar-refractivity contribution >= 4 is 23.3 Å². The van der Waals surface area contributed by atoms with Crippen molar-refractivity contribution in [2.75, 3.05) is 11.9 Å². The van der Waals surface area contributed by atoms with Crippen LogP contribution in [-0.2, 0) is 6.54 Å². The number of carboxylic acids is 1. The van der Waals surface area contributed by atoms with Gasteiger partial charge in [0.1, 0.15) is 0 Å². The van der Waals surface area contributed by atoms with Crippen LogP contribution in [0.4, 0.5) is 5.69 Å². The van der Waals surface area contributed by atoms with Crippen molar-refractivity contribution in [3.8, 4) is 0 Å². The Labute approximate surface area is 122 Å². The molecular weight excluding hydrogens is 276 g/mol. The molecule has 0 fully saturated rings. The molecule has 0 bridgehead atoms. The van der Waals surface area contributed by atoms with Gasteiger partial charge in [-0.1, -0.05) is 17.7 Å². The van der Waals surface area contributed by atoms with Gasteiger partial charge in [-0.25, -0.2) is 4.79 Å².